The first-order valence-electron chi connectivity index (χ1n) is 9.12. The van der Waals surface area contributed by atoms with E-state index in [0.29, 0.717) is 32.7 Å². The van der Waals surface area contributed by atoms with Gasteiger partial charge in [-0.05, 0) is 24.6 Å². The molecule has 1 fully saturated rings. The highest BCUT2D eigenvalue weighted by atomic mass is 32.2. The summed E-state index contributed by atoms with van der Waals surface area (Å²) in [6.45, 7) is 3.84. The summed E-state index contributed by atoms with van der Waals surface area (Å²) < 4.78 is 32.0. The van der Waals surface area contributed by atoms with Gasteiger partial charge < -0.3 is 14.6 Å². The normalized spacial score (nSPS) is 17.0. The van der Waals surface area contributed by atoms with E-state index in [2.05, 4.69) is 0 Å². The molecule has 8 heteroatoms. The first kappa shape index (κ1) is 19.6. The number of carbonyl (C=O) groups is 1. The molecule has 0 saturated carbocycles. The van der Waals surface area contributed by atoms with Crippen LogP contribution in [0.15, 0.2) is 53.1 Å². The Morgan fingerprint density at radius 3 is 2.44 bits per heavy atom. The van der Waals surface area contributed by atoms with Gasteiger partial charge in [-0.15, -0.1) is 0 Å². The predicted octanol–water partition coefficient (Wildman–Crippen LogP) is 0.578. The van der Waals surface area contributed by atoms with Crippen LogP contribution >= 0.6 is 0 Å². The average molecular weight is 393 g/mol. The second kappa shape index (κ2) is 8.69. The van der Waals surface area contributed by atoms with Crippen molar-refractivity contribution >= 4 is 15.9 Å². The van der Waals surface area contributed by atoms with Crippen molar-refractivity contribution in [2.75, 3.05) is 32.7 Å². The molecular formula is C19H26N3O4S+. The van der Waals surface area contributed by atoms with E-state index in [0.717, 1.165) is 11.3 Å². The maximum atomic E-state index is 12.6. The zero-order valence-electron chi connectivity index (χ0n) is 15.5. The molecule has 2 N–H and O–H groups in total. The molecule has 0 bridgehead atoms. The first-order chi connectivity index (χ1) is 13.0. The molecule has 1 atom stereocenters. The molecule has 1 aromatic carbocycles. The molecular weight excluding hydrogens is 366 g/mol. The number of amides is 1. The molecule has 146 valence electrons. The molecule has 27 heavy (non-hydrogen) atoms. The highest BCUT2D eigenvalue weighted by Gasteiger charge is 2.29. The zero-order valence-corrected chi connectivity index (χ0v) is 16.3. The van der Waals surface area contributed by atoms with Crippen LogP contribution in [0.25, 0.3) is 0 Å². The summed E-state index contributed by atoms with van der Waals surface area (Å²) in [6, 6.07) is 12.9. The van der Waals surface area contributed by atoms with Crippen molar-refractivity contribution in [2.45, 2.75) is 18.7 Å². The van der Waals surface area contributed by atoms with Gasteiger partial charge in [0.05, 0.1) is 12.0 Å². The van der Waals surface area contributed by atoms with Gasteiger partial charge in [0.2, 0.25) is 10.0 Å². The average Bonchev–Trinajstić information content (AvgIpc) is 3.21. The maximum absolute atomic E-state index is 12.6. The molecule has 7 nitrogen and oxygen atoms in total. The zero-order chi connectivity index (χ0) is 19.3. The number of benzene rings is 1. The van der Waals surface area contributed by atoms with Crippen LogP contribution < -0.4 is 5.32 Å². The number of quaternary nitrogens is 1. The van der Waals surface area contributed by atoms with E-state index in [-0.39, 0.29) is 17.7 Å². The lowest BCUT2D eigenvalue weighted by molar-refractivity contribution is -0.685. The van der Waals surface area contributed by atoms with E-state index in [1.165, 1.54) is 4.31 Å². The molecule has 1 aromatic heterocycles. The Kier molecular flexibility index (Phi) is 6.30. The van der Waals surface area contributed by atoms with Crippen molar-refractivity contribution in [1.29, 1.82) is 0 Å². The molecule has 0 spiro atoms. The van der Waals surface area contributed by atoms with E-state index in [1.54, 1.807) is 11.2 Å². The minimum atomic E-state index is -3.37. The van der Waals surface area contributed by atoms with Crippen molar-refractivity contribution in [3.05, 3.63) is 60.1 Å². The number of hydrogen-bond acceptors (Lipinski definition) is 4. The van der Waals surface area contributed by atoms with Crippen LogP contribution in [0.4, 0.5) is 0 Å². The van der Waals surface area contributed by atoms with Crippen LogP contribution in [-0.4, -0.2) is 56.3 Å². The van der Waals surface area contributed by atoms with E-state index < -0.39 is 10.0 Å². The lowest BCUT2D eigenvalue weighted by Gasteiger charge is -2.33. The number of nitrogens with zero attached hydrogens (tertiary/aromatic N) is 2. The second-order valence-corrected chi connectivity index (χ2v) is 8.73. The lowest BCUT2D eigenvalue weighted by atomic mass is 10.2. The number of nitrogens with two attached hydrogens (primary N) is 1. The van der Waals surface area contributed by atoms with Gasteiger partial charge in [0.25, 0.3) is 5.91 Å². The number of piperazine rings is 1. The molecule has 3 rings (SSSR count). The van der Waals surface area contributed by atoms with Crippen LogP contribution in [0.2, 0.25) is 0 Å². The van der Waals surface area contributed by atoms with Gasteiger partial charge in [-0.3, -0.25) is 4.79 Å². The number of furan rings is 1. The van der Waals surface area contributed by atoms with Crippen LogP contribution in [0.1, 0.15) is 24.3 Å². The lowest BCUT2D eigenvalue weighted by Crippen LogP contribution is -2.87. The Labute approximate surface area is 160 Å². The van der Waals surface area contributed by atoms with Crippen molar-refractivity contribution in [2.24, 2.45) is 0 Å². The Morgan fingerprint density at radius 1 is 1.11 bits per heavy atom. The van der Waals surface area contributed by atoms with E-state index in [1.807, 2.05) is 54.7 Å². The highest BCUT2D eigenvalue weighted by Crippen LogP contribution is 2.13. The number of hydrogen-bond donors (Lipinski definition) is 1. The van der Waals surface area contributed by atoms with Crippen molar-refractivity contribution in [3.63, 3.8) is 0 Å². The third-order valence-corrected chi connectivity index (χ3v) is 6.66. The second-order valence-electron chi connectivity index (χ2n) is 6.77. The van der Waals surface area contributed by atoms with Crippen LogP contribution in [-0.2, 0) is 20.6 Å². The fraction of sp³-hybridized carbons (Fsp3) is 0.421. The third kappa shape index (κ3) is 5.18. The predicted molar refractivity (Wildman–Crippen MR) is 101 cm³/mol. The maximum Gasteiger partial charge on any atom is 0.277 e. The number of sulfonamides is 1. The van der Waals surface area contributed by atoms with Crippen molar-refractivity contribution in [3.8, 4) is 0 Å². The van der Waals surface area contributed by atoms with E-state index >= 15 is 0 Å². The Bertz CT molecular complexity index is 829. The minimum Gasteiger partial charge on any atom is -0.463 e. The van der Waals surface area contributed by atoms with Gasteiger partial charge in [0.15, 0.2) is 12.3 Å². The topological polar surface area (TPSA) is 87.4 Å². The fourth-order valence-corrected chi connectivity index (χ4v) is 4.68. The molecule has 1 aliphatic heterocycles. The molecule has 1 aliphatic rings. The molecule has 0 aliphatic carbocycles. The van der Waals surface area contributed by atoms with Gasteiger partial charge in [0, 0.05) is 26.2 Å². The van der Waals surface area contributed by atoms with Gasteiger partial charge in [0.1, 0.15) is 6.04 Å². The van der Waals surface area contributed by atoms with Crippen molar-refractivity contribution < 1.29 is 22.9 Å². The summed E-state index contributed by atoms with van der Waals surface area (Å²) in [5.74, 6) is 0.851. The van der Waals surface area contributed by atoms with Gasteiger partial charge in [-0.2, -0.15) is 4.31 Å². The Hall–Kier alpha value is -2.16. The van der Waals surface area contributed by atoms with Crippen LogP contribution in [0, 0.1) is 0 Å². The summed E-state index contributed by atoms with van der Waals surface area (Å²) >= 11 is 0. The van der Waals surface area contributed by atoms with Crippen LogP contribution in [0.5, 0.6) is 0 Å². The number of carbonyl (C=O) groups excluding carboxylic acids is 1. The summed E-state index contributed by atoms with van der Waals surface area (Å²) in [7, 11) is -3.37. The van der Waals surface area contributed by atoms with Gasteiger partial charge >= 0.3 is 0 Å². The standard InChI is InChI=1S/C19H25N3O4S/c1-16(18-8-5-13-26-18)20-14-19(23)21-9-11-22(12-10-21)27(24,25)15-17-6-3-2-4-7-17/h2-8,13,16,20H,9-12,14-15H2,1H3/p+1/t16-/m0/s1. The van der Waals surface area contributed by atoms with Crippen LogP contribution in [0.3, 0.4) is 0 Å². The van der Waals surface area contributed by atoms with Crippen molar-refractivity contribution in [1.82, 2.24) is 9.21 Å². The largest absolute Gasteiger partial charge is 0.463 e. The first-order valence-corrected chi connectivity index (χ1v) is 10.7. The minimum absolute atomic E-state index is 0.00374. The fourth-order valence-electron chi connectivity index (χ4n) is 3.17. The molecule has 0 unspecified atom stereocenters. The number of rotatable bonds is 7. The highest BCUT2D eigenvalue weighted by molar-refractivity contribution is 7.88. The molecule has 2 heterocycles. The quantitative estimate of drug-likeness (QED) is 0.747. The van der Waals surface area contributed by atoms with Gasteiger partial charge in [-0.1, -0.05) is 30.3 Å². The molecule has 1 amide bonds. The molecule has 0 radical (unpaired) electrons. The smallest absolute Gasteiger partial charge is 0.277 e. The SMILES string of the molecule is C[C@H]([NH2+]CC(=O)N1CCN(S(=O)(=O)Cc2ccccc2)CC1)c1ccco1. The summed E-state index contributed by atoms with van der Waals surface area (Å²) in [4.78, 5) is 14.2. The summed E-state index contributed by atoms with van der Waals surface area (Å²) in [5.41, 5.74) is 0.775. The summed E-state index contributed by atoms with van der Waals surface area (Å²) in [6.07, 6.45) is 1.62. The monoisotopic (exact) mass is 392 g/mol. The van der Waals surface area contributed by atoms with Gasteiger partial charge in [-0.25, -0.2) is 8.42 Å². The van der Waals surface area contributed by atoms with E-state index in [4.69, 9.17) is 4.42 Å². The summed E-state index contributed by atoms with van der Waals surface area (Å²) in [5, 5.41) is 1.93. The third-order valence-electron chi connectivity index (χ3n) is 4.81. The molecule has 2 aromatic rings. The Morgan fingerprint density at radius 2 is 1.81 bits per heavy atom. The molecule has 1 saturated heterocycles. The van der Waals surface area contributed by atoms with E-state index in [9.17, 15) is 13.2 Å². The Balaban J connectivity index is 1.47.